The molecule has 0 aliphatic carbocycles. The number of nitrogens with one attached hydrogen (secondary N) is 1. The number of rotatable bonds is 0. The molecule has 3 heteroatoms. The van der Waals surface area contributed by atoms with Crippen molar-refractivity contribution in [1.29, 1.82) is 0 Å². The van der Waals surface area contributed by atoms with Crippen LogP contribution in [0.2, 0.25) is 0 Å². The van der Waals surface area contributed by atoms with Gasteiger partial charge in [0.1, 0.15) is 6.17 Å². The summed E-state index contributed by atoms with van der Waals surface area (Å²) in [5, 5.41) is 3.07. The SMILES string of the molecule is O=C1NC2c3ccccc3C=CN2c2ccccc21. The number of benzene rings is 2. The first-order chi connectivity index (χ1) is 9.34. The normalized spacial score (nSPS) is 19.3. The Hall–Kier alpha value is -2.55. The molecule has 0 fully saturated rings. The summed E-state index contributed by atoms with van der Waals surface area (Å²) in [5.74, 6) is -0.0121. The van der Waals surface area contributed by atoms with E-state index in [1.54, 1.807) is 0 Å². The molecule has 2 aliphatic heterocycles. The molecule has 1 unspecified atom stereocenters. The maximum Gasteiger partial charge on any atom is 0.255 e. The van der Waals surface area contributed by atoms with Gasteiger partial charge in [-0.05, 0) is 23.8 Å². The number of para-hydroxylation sites is 1. The highest BCUT2D eigenvalue weighted by atomic mass is 16.2. The Bertz CT molecular complexity index is 705. The van der Waals surface area contributed by atoms with Crippen molar-refractivity contribution in [2.45, 2.75) is 6.17 Å². The maximum atomic E-state index is 12.2. The Kier molecular flexibility index (Phi) is 2.03. The summed E-state index contributed by atoms with van der Waals surface area (Å²) in [6.07, 6.45) is 4.01. The van der Waals surface area contributed by atoms with Gasteiger partial charge < -0.3 is 10.2 Å². The molecule has 2 heterocycles. The lowest BCUT2D eigenvalue weighted by molar-refractivity contribution is 0.0929. The van der Waals surface area contributed by atoms with Crippen LogP contribution in [0, 0.1) is 0 Å². The van der Waals surface area contributed by atoms with Gasteiger partial charge in [0.05, 0.1) is 11.3 Å². The second-order valence-corrected chi connectivity index (χ2v) is 4.75. The zero-order valence-electron chi connectivity index (χ0n) is 10.2. The van der Waals surface area contributed by atoms with E-state index >= 15 is 0 Å². The fourth-order valence-electron chi connectivity index (χ4n) is 2.77. The van der Waals surface area contributed by atoms with Crippen LogP contribution in [-0.4, -0.2) is 5.91 Å². The van der Waals surface area contributed by atoms with Crippen LogP contribution in [0.5, 0.6) is 0 Å². The van der Waals surface area contributed by atoms with Crippen molar-refractivity contribution in [3.8, 4) is 0 Å². The Morgan fingerprint density at radius 3 is 2.74 bits per heavy atom. The van der Waals surface area contributed by atoms with Crippen LogP contribution in [0.1, 0.15) is 27.7 Å². The smallest absolute Gasteiger partial charge is 0.255 e. The average Bonchev–Trinajstić information content (AvgIpc) is 2.47. The van der Waals surface area contributed by atoms with Crippen LogP contribution < -0.4 is 10.2 Å². The third-order valence-electron chi connectivity index (χ3n) is 3.68. The van der Waals surface area contributed by atoms with Crippen molar-refractivity contribution in [2.24, 2.45) is 0 Å². The molecule has 2 aromatic rings. The molecule has 19 heavy (non-hydrogen) atoms. The predicted molar refractivity (Wildman–Crippen MR) is 74.6 cm³/mol. The van der Waals surface area contributed by atoms with E-state index in [4.69, 9.17) is 0 Å². The summed E-state index contributed by atoms with van der Waals surface area (Å²) in [7, 11) is 0. The Morgan fingerprint density at radius 2 is 1.79 bits per heavy atom. The fourth-order valence-corrected chi connectivity index (χ4v) is 2.77. The highest BCUT2D eigenvalue weighted by Gasteiger charge is 2.32. The molecule has 1 amide bonds. The molecule has 0 spiro atoms. The molecule has 1 atom stereocenters. The molecule has 0 saturated heterocycles. The van der Waals surface area contributed by atoms with Gasteiger partial charge in [0, 0.05) is 11.8 Å². The zero-order chi connectivity index (χ0) is 12.8. The molecule has 2 aromatic carbocycles. The number of fused-ring (bicyclic) bond motifs is 5. The second-order valence-electron chi connectivity index (χ2n) is 4.75. The first kappa shape index (κ1) is 10.4. The second kappa shape index (κ2) is 3.72. The monoisotopic (exact) mass is 248 g/mol. The van der Waals surface area contributed by atoms with E-state index in [9.17, 15) is 4.79 Å². The van der Waals surface area contributed by atoms with Gasteiger partial charge in [-0.2, -0.15) is 0 Å². The molecule has 0 radical (unpaired) electrons. The number of anilines is 1. The molecular formula is C16H12N2O. The molecule has 0 saturated carbocycles. The summed E-state index contributed by atoms with van der Waals surface area (Å²) in [6, 6.07) is 15.8. The van der Waals surface area contributed by atoms with E-state index < -0.39 is 0 Å². The van der Waals surface area contributed by atoms with Gasteiger partial charge in [0.15, 0.2) is 0 Å². The van der Waals surface area contributed by atoms with Crippen molar-refractivity contribution in [3.05, 3.63) is 71.4 Å². The topological polar surface area (TPSA) is 32.3 Å². The minimum absolute atomic E-state index is 0.0121. The van der Waals surface area contributed by atoms with E-state index in [2.05, 4.69) is 28.4 Å². The van der Waals surface area contributed by atoms with Crippen LogP contribution in [-0.2, 0) is 0 Å². The van der Waals surface area contributed by atoms with Crippen LogP contribution >= 0.6 is 0 Å². The van der Waals surface area contributed by atoms with Crippen molar-refractivity contribution >= 4 is 17.7 Å². The van der Waals surface area contributed by atoms with E-state index in [0.717, 1.165) is 22.4 Å². The number of nitrogens with zero attached hydrogens (tertiary/aromatic N) is 1. The fraction of sp³-hybridized carbons (Fsp3) is 0.0625. The number of hydrogen-bond acceptors (Lipinski definition) is 2. The number of amides is 1. The van der Waals surface area contributed by atoms with E-state index in [0.29, 0.717) is 0 Å². The van der Waals surface area contributed by atoms with Gasteiger partial charge in [0.2, 0.25) is 0 Å². The van der Waals surface area contributed by atoms with Gasteiger partial charge in [0.25, 0.3) is 5.91 Å². The summed E-state index contributed by atoms with van der Waals surface area (Å²) in [6.45, 7) is 0. The number of hydrogen-bond donors (Lipinski definition) is 1. The van der Waals surface area contributed by atoms with Crippen LogP contribution in [0.25, 0.3) is 6.08 Å². The number of carbonyl (C=O) groups excluding carboxylic acids is 1. The molecular weight excluding hydrogens is 236 g/mol. The zero-order valence-corrected chi connectivity index (χ0v) is 10.2. The van der Waals surface area contributed by atoms with Crippen LogP contribution in [0.4, 0.5) is 5.69 Å². The van der Waals surface area contributed by atoms with Crippen molar-refractivity contribution in [1.82, 2.24) is 5.32 Å². The van der Waals surface area contributed by atoms with Gasteiger partial charge in [-0.1, -0.05) is 36.4 Å². The Balaban J connectivity index is 1.92. The summed E-state index contributed by atoms with van der Waals surface area (Å²) < 4.78 is 0. The van der Waals surface area contributed by atoms with Gasteiger partial charge in [-0.3, -0.25) is 4.79 Å². The molecule has 92 valence electrons. The minimum atomic E-state index is -0.108. The Labute approximate surface area is 111 Å². The van der Waals surface area contributed by atoms with Crippen molar-refractivity contribution in [3.63, 3.8) is 0 Å². The van der Waals surface area contributed by atoms with Gasteiger partial charge in [-0.15, -0.1) is 0 Å². The lowest BCUT2D eigenvalue weighted by Gasteiger charge is -2.39. The van der Waals surface area contributed by atoms with E-state index in [1.807, 2.05) is 42.6 Å². The van der Waals surface area contributed by atoms with Crippen LogP contribution in [0.3, 0.4) is 0 Å². The first-order valence-corrected chi connectivity index (χ1v) is 6.30. The summed E-state index contributed by atoms with van der Waals surface area (Å²) >= 11 is 0. The quantitative estimate of drug-likeness (QED) is 0.777. The van der Waals surface area contributed by atoms with Crippen molar-refractivity contribution < 1.29 is 4.79 Å². The van der Waals surface area contributed by atoms with Crippen molar-refractivity contribution in [2.75, 3.05) is 4.90 Å². The Morgan fingerprint density at radius 1 is 1.00 bits per heavy atom. The van der Waals surface area contributed by atoms with Gasteiger partial charge >= 0.3 is 0 Å². The van der Waals surface area contributed by atoms with E-state index in [1.165, 1.54) is 0 Å². The van der Waals surface area contributed by atoms with Gasteiger partial charge in [-0.25, -0.2) is 0 Å². The maximum absolute atomic E-state index is 12.2. The molecule has 0 aromatic heterocycles. The molecule has 0 bridgehead atoms. The lowest BCUT2D eigenvalue weighted by Crippen LogP contribution is -2.45. The largest absolute Gasteiger partial charge is 0.327 e. The lowest BCUT2D eigenvalue weighted by atomic mass is 9.97. The summed E-state index contributed by atoms with van der Waals surface area (Å²) in [4.78, 5) is 14.3. The molecule has 2 aliphatic rings. The standard InChI is InChI=1S/C16H12N2O/c19-16-13-7-3-4-8-14(13)18-10-9-11-5-1-2-6-12(11)15(18)17-16/h1-10,15H,(H,17,19). The highest BCUT2D eigenvalue weighted by molar-refractivity contribution is 6.02. The molecule has 3 nitrogen and oxygen atoms in total. The summed E-state index contributed by atoms with van der Waals surface area (Å²) in [5.41, 5.74) is 3.97. The molecule has 1 N–H and O–H groups in total. The minimum Gasteiger partial charge on any atom is -0.327 e. The third kappa shape index (κ3) is 1.41. The average molecular weight is 248 g/mol. The molecule has 4 rings (SSSR count). The highest BCUT2D eigenvalue weighted by Crippen LogP contribution is 2.37. The number of carbonyl (C=O) groups is 1. The first-order valence-electron chi connectivity index (χ1n) is 6.30. The van der Waals surface area contributed by atoms with Crippen LogP contribution in [0.15, 0.2) is 54.7 Å². The predicted octanol–water partition coefficient (Wildman–Crippen LogP) is 2.92. The third-order valence-corrected chi connectivity index (χ3v) is 3.68. The van der Waals surface area contributed by atoms with E-state index in [-0.39, 0.29) is 12.1 Å².